The molecule has 1 heterocycles. The van der Waals surface area contributed by atoms with Crippen molar-refractivity contribution in [2.24, 2.45) is 5.73 Å². The first kappa shape index (κ1) is 10.2. The largest absolute Gasteiger partial charge is 0.392 e. The quantitative estimate of drug-likeness (QED) is 0.752. The van der Waals surface area contributed by atoms with Crippen molar-refractivity contribution >= 4 is 17.2 Å². The minimum atomic E-state index is 0.0508. The van der Waals surface area contributed by atoms with Gasteiger partial charge < -0.3 is 10.3 Å². The Balaban J connectivity index is 3.00. The van der Waals surface area contributed by atoms with Gasteiger partial charge in [0.05, 0.1) is 11.0 Å². The Morgan fingerprint density at radius 1 is 1.54 bits per heavy atom. The van der Waals surface area contributed by atoms with Gasteiger partial charge in [-0.15, -0.1) is 0 Å². The summed E-state index contributed by atoms with van der Waals surface area (Å²) < 4.78 is 2.02. The summed E-state index contributed by atoms with van der Waals surface area (Å²) in [6.07, 6.45) is 3.70. The Kier molecular flexibility index (Phi) is 3.03. The van der Waals surface area contributed by atoms with E-state index < -0.39 is 0 Å². The van der Waals surface area contributed by atoms with Gasteiger partial charge >= 0.3 is 0 Å². The number of imidazole rings is 1. The molecule has 1 rings (SSSR count). The van der Waals surface area contributed by atoms with Gasteiger partial charge in [-0.05, 0) is 6.92 Å². The van der Waals surface area contributed by atoms with Crippen molar-refractivity contribution in [3.05, 3.63) is 18.2 Å². The van der Waals surface area contributed by atoms with Crippen molar-refractivity contribution in [1.82, 2.24) is 9.55 Å². The monoisotopic (exact) mass is 197 g/mol. The minimum absolute atomic E-state index is 0.0508. The van der Waals surface area contributed by atoms with Crippen molar-refractivity contribution in [2.45, 2.75) is 32.7 Å². The smallest absolute Gasteiger partial charge is 0.111 e. The van der Waals surface area contributed by atoms with Crippen molar-refractivity contribution in [3.8, 4) is 0 Å². The predicted molar refractivity (Wildman–Crippen MR) is 57.8 cm³/mol. The summed E-state index contributed by atoms with van der Waals surface area (Å²) in [6.45, 7) is 6.19. The van der Waals surface area contributed by atoms with E-state index in [2.05, 4.69) is 18.8 Å². The zero-order valence-electron chi connectivity index (χ0n) is 8.19. The van der Waals surface area contributed by atoms with E-state index in [0.29, 0.717) is 10.9 Å². The molecular formula is C9H15N3S. The third kappa shape index (κ3) is 2.06. The Labute approximate surface area is 84.0 Å². The van der Waals surface area contributed by atoms with E-state index in [0.717, 1.165) is 5.82 Å². The van der Waals surface area contributed by atoms with E-state index in [9.17, 15) is 0 Å². The van der Waals surface area contributed by atoms with Crippen molar-refractivity contribution < 1.29 is 0 Å². The highest BCUT2D eigenvalue weighted by Gasteiger charge is 2.13. The van der Waals surface area contributed by atoms with Crippen LogP contribution in [0.25, 0.3) is 0 Å². The summed E-state index contributed by atoms with van der Waals surface area (Å²) in [5, 5.41) is 0. The maximum atomic E-state index is 5.58. The lowest BCUT2D eigenvalue weighted by atomic mass is 10.2. The van der Waals surface area contributed by atoms with Crippen LogP contribution in [0.1, 0.15) is 38.6 Å². The number of hydrogen-bond acceptors (Lipinski definition) is 2. The van der Waals surface area contributed by atoms with Gasteiger partial charge in [-0.2, -0.15) is 0 Å². The van der Waals surface area contributed by atoms with Gasteiger partial charge in [0.25, 0.3) is 0 Å². The summed E-state index contributed by atoms with van der Waals surface area (Å²) in [5.41, 5.74) is 5.58. The molecule has 13 heavy (non-hydrogen) atoms. The Morgan fingerprint density at radius 3 is 2.62 bits per heavy atom. The molecule has 0 aliphatic heterocycles. The van der Waals surface area contributed by atoms with E-state index >= 15 is 0 Å². The molecule has 1 unspecified atom stereocenters. The first-order chi connectivity index (χ1) is 6.04. The summed E-state index contributed by atoms with van der Waals surface area (Å²) in [7, 11) is 0. The number of thiocarbonyl (C=S) groups is 1. The average Bonchev–Trinajstić information content (AvgIpc) is 2.50. The van der Waals surface area contributed by atoms with Crippen LogP contribution < -0.4 is 5.73 Å². The van der Waals surface area contributed by atoms with E-state index in [-0.39, 0.29) is 6.04 Å². The third-order valence-electron chi connectivity index (χ3n) is 2.04. The van der Waals surface area contributed by atoms with E-state index in [1.807, 2.05) is 17.7 Å². The lowest BCUT2D eigenvalue weighted by molar-refractivity contribution is 0.616. The van der Waals surface area contributed by atoms with Crippen LogP contribution in [-0.4, -0.2) is 14.5 Å². The van der Waals surface area contributed by atoms with Gasteiger partial charge in [-0.25, -0.2) is 4.98 Å². The van der Waals surface area contributed by atoms with Gasteiger partial charge in [-0.1, -0.05) is 26.1 Å². The van der Waals surface area contributed by atoms with Crippen LogP contribution in [-0.2, 0) is 0 Å². The molecule has 0 spiro atoms. The molecule has 0 saturated carbocycles. The topological polar surface area (TPSA) is 43.8 Å². The van der Waals surface area contributed by atoms with E-state index in [1.54, 1.807) is 6.20 Å². The molecule has 72 valence electrons. The second kappa shape index (κ2) is 3.87. The molecule has 0 amide bonds. The lowest BCUT2D eigenvalue weighted by Gasteiger charge is -2.16. The van der Waals surface area contributed by atoms with Crippen molar-refractivity contribution in [3.63, 3.8) is 0 Å². The molecule has 0 saturated heterocycles. The molecule has 2 N–H and O–H groups in total. The van der Waals surface area contributed by atoms with Gasteiger partial charge in [0, 0.05) is 18.3 Å². The Hall–Kier alpha value is -0.900. The molecule has 0 aromatic carbocycles. The summed E-state index contributed by atoms with van der Waals surface area (Å²) in [4.78, 5) is 4.77. The van der Waals surface area contributed by atoms with Gasteiger partial charge in [0.1, 0.15) is 5.82 Å². The van der Waals surface area contributed by atoms with Gasteiger partial charge in [-0.3, -0.25) is 0 Å². The van der Waals surface area contributed by atoms with Crippen molar-refractivity contribution in [1.29, 1.82) is 0 Å². The highest BCUT2D eigenvalue weighted by atomic mass is 32.1. The molecule has 1 aromatic heterocycles. The number of rotatable bonds is 3. The Morgan fingerprint density at radius 2 is 2.15 bits per heavy atom. The fraction of sp³-hybridized carbons (Fsp3) is 0.556. The molecule has 3 nitrogen and oxygen atoms in total. The molecule has 1 atom stereocenters. The highest BCUT2D eigenvalue weighted by molar-refractivity contribution is 7.80. The third-order valence-corrected chi connectivity index (χ3v) is 2.39. The minimum Gasteiger partial charge on any atom is -0.392 e. The molecule has 0 aliphatic carbocycles. The van der Waals surface area contributed by atoms with Crippen LogP contribution in [0, 0.1) is 0 Å². The molecule has 1 aromatic rings. The maximum Gasteiger partial charge on any atom is 0.111 e. The molecule has 0 fully saturated rings. The Bertz CT molecular complexity index is 304. The zero-order chi connectivity index (χ0) is 10.0. The highest BCUT2D eigenvalue weighted by Crippen LogP contribution is 2.16. The first-order valence-electron chi connectivity index (χ1n) is 4.36. The van der Waals surface area contributed by atoms with Crippen LogP contribution in [0.5, 0.6) is 0 Å². The number of hydrogen-bond donors (Lipinski definition) is 1. The van der Waals surface area contributed by atoms with Crippen molar-refractivity contribution in [2.75, 3.05) is 0 Å². The number of nitrogens with zero attached hydrogens (tertiary/aromatic N) is 2. The van der Waals surface area contributed by atoms with Crippen LogP contribution >= 0.6 is 12.2 Å². The van der Waals surface area contributed by atoms with E-state index in [1.165, 1.54) is 0 Å². The van der Waals surface area contributed by atoms with E-state index in [4.69, 9.17) is 18.0 Å². The molecule has 0 aliphatic rings. The van der Waals surface area contributed by atoms with Crippen LogP contribution in [0.2, 0.25) is 0 Å². The first-order valence-corrected chi connectivity index (χ1v) is 4.77. The second-order valence-electron chi connectivity index (χ2n) is 3.43. The van der Waals surface area contributed by atoms with Crippen LogP contribution in [0.4, 0.5) is 0 Å². The van der Waals surface area contributed by atoms with Gasteiger partial charge in [0.15, 0.2) is 0 Å². The second-order valence-corrected chi connectivity index (χ2v) is 3.90. The zero-order valence-corrected chi connectivity index (χ0v) is 9.01. The SMILES string of the molecule is CC(C)c1nccn1C(C)C(N)=S. The molecule has 0 radical (unpaired) electrons. The molecule has 4 heteroatoms. The number of aromatic nitrogens is 2. The fourth-order valence-electron chi connectivity index (χ4n) is 1.24. The fourth-order valence-corrected chi connectivity index (χ4v) is 1.35. The normalized spacial score (nSPS) is 13.2. The standard InChI is InChI=1S/C9H15N3S/c1-6(2)9-11-4-5-12(9)7(3)8(10)13/h4-7H,1-3H3,(H2,10,13). The lowest BCUT2D eigenvalue weighted by Crippen LogP contribution is -2.23. The van der Waals surface area contributed by atoms with Crippen LogP contribution in [0.3, 0.4) is 0 Å². The maximum absolute atomic E-state index is 5.58. The predicted octanol–water partition coefficient (Wildman–Crippen LogP) is 1.85. The molecule has 0 bridgehead atoms. The summed E-state index contributed by atoms with van der Waals surface area (Å²) in [6, 6.07) is 0.0508. The average molecular weight is 197 g/mol. The molecular weight excluding hydrogens is 182 g/mol. The van der Waals surface area contributed by atoms with Gasteiger partial charge in [0.2, 0.25) is 0 Å². The summed E-state index contributed by atoms with van der Waals surface area (Å²) in [5.74, 6) is 1.42. The number of nitrogens with two attached hydrogens (primary N) is 1. The summed E-state index contributed by atoms with van der Waals surface area (Å²) >= 11 is 4.94. The van der Waals surface area contributed by atoms with Crippen LogP contribution in [0.15, 0.2) is 12.4 Å².